The van der Waals surface area contributed by atoms with Gasteiger partial charge >= 0.3 is 12.2 Å². The molecule has 2 aliphatic rings. The van der Waals surface area contributed by atoms with Gasteiger partial charge in [-0.2, -0.15) is 28.4 Å². The van der Waals surface area contributed by atoms with Crippen molar-refractivity contribution in [2.75, 3.05) is 50.5 Å². The van der Waals surface area contributed by atoms with E-state index in [1.54, 1.807) is 17.0 Å². The topological polar surface area (TPSA) is 125 Å². The summed E-state index contributed by atoms with van der Waals surface area (Å²) in [5.41, 5.74) is 6.09. The third-order valence-corrected chi connectivity index (χ3v) is 8.64. The number of benzene rings is 2. The summed E-state index contributed by atoms with van der Waals surface area (Å²) in [6.45, 7) is 5.84. The first kappa shape index (κ1) is 30.2. The molecule has 234 valence electrons. The van der Waals surface area contributed by atoms with Crippen LogP contribution in [0.1, 0.15) is 24.8 Å². The minimum atomic E-state index is -4.63. The molecule has 2 aliphatic heterocycles. The Hall–Kier alpha value is -4.83. The molecule has 0 bridgehead atoms. The van der Waals surface area contributed by atoms with Crippen LogP contribution in [0.15, 0.2) is 53.7 Å². The van der Waals surface area contributed by atoms with Gasteiger partial charge in [0.15, 0.2) is 0 Å². The summed E-state index contributed by atoms with van der Waals surface area (Å²) in [6, 6.07) is 8.64. The Morgan fingerprint density at radius 1 is 1.20 bits per heavy atom. The molecule has 0 aliphatic carbocycles. The summed E-state index contributed by atoms with van der Waals surface area (Å²) in [4.78, 5) is 27.8. The normalized spacial score (nSPS) is 19.3. The fourth-order valence-corrected chi connectivity index (χ4v) is 6.34. The molecule has 2 atom stereocenters. The van der Waals surface area contributed by atoms with Crippen LogP contribution in [0.2, 0.25) is 0 Å². The predicted molar refractivity (Wildman–Crippen MR) is 163 cm³/mol. The number of halogens is 3. The number of carbonyl (C=O) groups is 1. The maximum Gasteiger partial charge on any atom is 0.417 e. The number of nitrogens with two attached hydrogens (primary N) is 1. The van der Waals surface area contributed by atoms with Crippen LogP contribution in [0.3, 0.4) is 0 Å². The Kier molecular flexibility index (Phi) is 8.01. The summed E-state index contributed by atoms with van der Waals surface area (Å²) in [6.07, 6.45) is 0.0992. The number of nitriles is 1. The summed E-state index contributed by atoms with van der Waals surface area (Å²) in [7, 11) is 2.02. The van der Waals surface area contributed by atoms with Gasteiger partial charge in [0.05, 0.1) is 41.3 Å². The van der Waals surface area contributed by atoms with Gasteiger partial charge in [0.1, 0.15) is 18.0 Å². The molecule has 2 saturated heterocycles. The SMILES string of the molecule is C=CC(=O)N1CCN(c2nc(OC[C@@H]3CCCN3C)nc3cc(-c4cc(N)ccc4C(F)(F)F)c4ccoc4c23)C[C@@H]1CC#N. The first-order valence-electron chi connectivity index (χ1n) is 14.7. The lowest BCUT2D eigenvalue weighted by atomic mass is 9.94. The van der Waals surface area contributed by atoms with Crippen molar-refractivity contribution in [1.29, 1.82) is 5.26 Å². The Labute approximate surface area is 257 Å². The molecular weight excluding hydrogens is 587 g/mol. The van der Waals surface area contributed by atoms with Gasteiger partial charge < -0.3 is 29.6 Å². The van der Waals surface area contributed by atoms with Gasteiger partial charge in [-0.1, -0.05) is 6.58 Å². The van der Waals surface area contributed by atoms with E-state index >= 15 is 0 Å². The van der Waals surface area contributed by atoms with Crippen molar-refractivity contribution in [3.05, 3.63) is 54.8 Å². The van der Waals surface area contributed by atoms with Crippen LogP contribution >= 0.6 is 0 Å². The van der Waals surface area contributed by atoms with E-state index in [1.807, 2.05) is 11.9 Å². The molecule has 45 heavy (non-hydrogen) atoms. The molecule has 0 unspecified atom stereocenters. The number of anilines is 2. The van der Waals surface area contributed by atoms with Crippen LogP contribution in [0.4, 0.5) is 24.7 Å². The maximum absolute atomic E-state index is 14.2. The summed E-state index contributed by atoms with van der Waals surface area (Å²) < 4.78 is 54.6. The van der Waals surface area contributed by atoms with Gasteiger partial charge in [0, 0.05) is 36.7 Å². The molecule has 0 spiro atoms. The maximum atomic E-state index is 14.2. The van der Waals surface area contributed by atoms with E-state index in [0.29, 0.717) is 47.4 Å². The molecule has 13 heteroatoms. The molecule has 1 amide bonds. The smallest absolute Gasteiger partial charge is 0.417 e. The largest absolute Gasteiger partial charge is 0.463 e. The van der Waals surface area contributed by atoms with E-state index < -0.39 is 17.8 Å². The van der Waals surface area contributed by atoms with Gasteiger partial charge in [-0.05, 0) is 74.0 Å². The number of rotatable bonds is 7. The number of fused-ring (bicyclic) bond motifs is 3. The van der Waals surface area contributed by atoms with Crippen molar-refractivity contribution in [3.63, 3.8) is 0 Å². The highest BCUT2D eigenvalue weighted by Gasteiger charge is 2.36. The average Bonchev–Trinajstić information content (AvgIpc) is 3.67. The third kappa shape index (κ3) is 5.73. The zero-order valence-corrected chi connectivity index (χ0v) is 24.7. The second kappa shape index (κ2) is 11.9. The van der Waals surface area contributed by atoms with E-state index in [0.717, 1.165) is 25.5 Å². The molecule has 0 saturated carbocycles. The molecule has 4 aromatic rings. The Bertz CT molecular complexity index is 1820. The highest BCUT2D eigenvalue weighted by Crippen LogP contribution is 2.44. The first-order chi connectivity index (χ1) is 21.6. The number of aromatic nitrogens is 2. The molecule has 0 radical (unpaired) electrons. The number of hydrogen-bond donors (Lipinski definition) is 1. The number of ether oxygens (including phenoxy) is 1. The second-order valence-corrected chi connectivity index (χ2v) is 11.4. The van der Waals surface area contributed by atoms with Crippen molar-refractivity contribution in [2.24, 2.45) is 0 Å². The van der Waals surface area contributed by atoms with Crippen LogP contribution in [-0.2, 0) is 11.0 Å². The van der Waals surface area contributed by atoms with Gasteiger partial charge in [0.2, 0.25) is 5.91 Å². The van der Waals surface area contributed by atoms with E-state index in [4.69, 9.17) is 19.9 Å². The zero-order valence-electron chi connectivity index (χ0n) is 24.7. The standard InChI is InChI=1S/C32H32F3N7O3/c1-3-27(43)42-13-12-41(17-20(42)8-10-36)30-28-26(38-31(39-30)45-18-21-5-4-11-40(21)2)16-23(22-9-14-44-29(22)28)24-15-19(37)6-7-25(24)32(33,34)35/h3,6-7,9,14-16,20-21H,1,4-5,8,11-13,17-18,37H2,2H3/t20-,21-/m0/s1. The minimum absolute atomic E-state index is 0.0692. The number of carbonyl (C=O) groups excluding carboxylic acids is 1. The minimum Gasteiger partial charge on any atom is -0.463 e. The number of furan rings is 1. The quantitative estimate of drug-likeness (QED) is 0.219. The lowest BCUT2D eigenvalue weighted by Gasteiger charge is -2.41. The number of likely N-dealkylation sites (N-methyl/N-ethyl adjacent to an activating group) is 1. The van der Waals surface area contributed by atoms with Crippen molar-refractivity contribution in [3.8, 4) is 23.2 Å². The summed E-state index contributed by atoms with van der Waals surface area (Å²) >= 11 is 0. The van der Waals surface area contributed by atoms with Crippen LogP contribution in [0.25, 0.3) is 33.0 Å². The highest BCUT2D eigenvalue weighted by atomic mass is 19.4. The fraction of sp³-hybridized carbons (Fsp3) is 0.375. The number of hydrogen-bond acceptors (Lipinski definition) is 9. The van der Waals surface area contributed by atoms with Crippen molar-refractivity contribution < 1.29 is 27.1 Å². The second-order valence-electron chi connectivity index (χ2n) is 11.4. The summed E-state index contributed by atoms with van der Waals surface area (Å²) in [5, 5.41) is 10.4. The number of likely N-dealkylation sites (tertiary alicyclic amines) is 1. The van der Waals surface area contributed by atoms with Crippen LogP contribution in [0, 0.1) is 11.3 Å². The molecule has 2 aromatic carbocycles. The lowest BCUT2D eigenvalue weighted by Crippen LogP contribution is -2.55. The Morgan fingerprint density at radius 3 is 2.73 bits per heavy atom. The predicted octanol–water partition coefficient (Wildman–Crippen LogP) is 5.23. The Morgan fingerprint density at radius 2 is 2.02 bits per heavy atom. The van der Waals surface area contributed by atoms with Crippen LogP contribution in [-0.4, -0.2) is 77.6 Å². The van der Waals surface area contributed by atoms with Gasteiger partial charge in [-0.15, -0.1) is 0 Å². The third-order valence-electron chi connectivity index (χ3n) is 8.64. The zero-order chi connectivity index (χ0) is 31.9. The molecule has 2 N–H and O–H groups in total. The van der Waals surface area contributed by atoms with Crippen molar-refractivity contribution >= 4 is 39.3 Å². The fourth-order valence-electron chi connectivity index (χ4n) is 6.34. The Balaban J connectivity index is 1.53. The number of amides is 1. The monoisotopic (exact) mass is 619 g/mol. The van der Waals surface area contributed by atoms with Crippen LogP contribution < -0.4 is 15.4 Å². The van der Waals surface area contributed by atoms with E-state index in [-0.39, 0.29) is 47.7 Å². The van der Waals surface area contributed by atoms with E-state index in [9.17, 15) is 23.2 Å². The van der Waals surface area contributed by atoms with Crippen LogP contribution in [0.5, 0.6) is 6.01 Å². The lowest BCUT2D eigenvalue weighted by molar-refractivity contribution is -0.137. The van der Waals surface area contributed by atoms with E-state index in [2.05, 4.69) is 22.5 Å². The molecule has 4 heterocycles. The molecule has 10 nitrogen and oxygen atoms in total. The molecular formula is C32H32F3N7O3. The van der Waals surface area contributed by atoms with Crippen molar-refractivity contribution in [2.45, 2.75) is 37.5 Å². The van der Waals surface area contributed by atoms with Gasteiger partial charge in [-0.3, -0.25) is 4.79 Å². The number of nitrogen functional groups attached to an aromatic ring is 1. The first-order valence-corrected chi connectivity index (χ1v) is 14.7. The highest BCUT2D eigenvalue weighted by molar-refractivity contribution is 6.14. The number of alkyl halides is 3. The van der Waals surface area contributed by atoms with Crippen molar-refractivity contribution in [1.82, 2.24) is 19.8 Å². The number of nitrogens with zero attached hydrogens (tertiary/aromatic N) is 6. The van der Waals surface area contributed by atoms with Gasteiger partial charge in [-0.25, -0.2) is 0 Å². The molecule has 2 fully saturated rings. The molecule has 6 rings (SSSR count). The average molecular weight is 620 g/mol. The van der Waals surface area contributed by atoms with Gasteiger partial charge in [0.25, 0.3) is 0 Å². The summed E-state index contributed by atoms with van der Waals surface area (Å²) in [5.74, 6) is 0.173. The number of piperazine rings is 1. The van der Waals surface area contributed by atoms with E-state index in [1.165, 1.54) is 24.5 Å². The molecule has 2 aromatic heterocycles.